The van der Waals surface area contributed by atoms with Crippen LogP contribution in [0.4, 0.5) is 0 Å². The van der Waals surface area contributed by atoms with Crippen LogP contribution in [0.3, 0.4) is 0 Å². The van der Waals surface area contributed by atoms with Crippen LogP contribution in [-0.2, 0) is 0 Å². The molecule has 17 rings (SSSR count). The molecule has 0 saturated heterocycles. The summed E-state index contributed by atoms with van der Waals surface area (Å²) in [5.74, 6) is 0. The van der Waals surface area contributed by atoms with E-state index in [4.69, 9.17) is 0 Å². The van der Waals surface area contributed by atoms with Crippen LogP contribution in [0.25, 0.3) is 120 Å². The van der Waals surface area contributed by atoms with Gasteiger partial charge in [-0.1, -0.05) is 176 Å². The van der Waals surface area contributed by atoms with E-state index >= 15 is 0 Å². The van der Waals surface area contributed by atoms with Gasteiger partial charge in [0.2, 0.25) is 0 Å². The van der Waals surface area contributed by atoms with Crippen molar-refractivity contribution in [2.24, 2.45) is 0 Å². The Balaban J connectivity index is 1.10. The molecule has 68 heavy (non-hydrogen) atoms. The predicted molar refractivity (Wildman–Crippen MR) is 290 cm³/mol. The lowest BCUT2D eigenvalue weighted by Crippen LogP contribution is -2.58. The summed E-state index contributed by atoms with van der Waals surface area (Å²) in [6.07, 6.45) is 0. The van der Waals surface area contributed by atoms with Gasteiger partial charge in [0.25, 0.3) is 0 Å². The molecule has 4 nitrogen and oxygen atoms in total. The van der Waals surface area contributed by atoms with Crippen molar-refractivity contribution in [1.29, 1.82) is 0 Å². The third-order valence-corrected chi connectivity index (χ3v) is 16.0. The summed E-state index contributed by atoms with van der Waals surface area (Å²) < 4.78 is 10.6. The van der Waals surface area contributed by atoms with Crippen LogP contribution in [0.15, 0.2) is 218 Å². The minimum Gasteiger partial charge on any atom is -0.376 e. The van der Waals surface area contributed by atoms with Crippen molar-refractivity contribution in [2.45, 2.75) is 0 Å². The minimum atomic E-state index is -0.131. The van der Waals surface area contributed by atoms with Crippen LogP contribution in [0.1, 0.15) is 0 Å². The lowest BCUT2D eigenvalue weighted by atomic mass is 9.44. The first kappa shape index (κ1) is 35.5. The first-order valence-electron chi connectivity index (χ1n) is 23.8. The molecule has 4 aromatic heterocycles. The molecular formula is C62H36B2N4. The Morgan fingerprint density at radius 1 is 0.250 bits per heavy atom. The van der Waals surface area contributed by atoms with Crippen molar-refractivity contribution in [2.75, 3.05) is 0 Å². The van der Waals surface area contributed by atoms with Gasteiger partial charge in [-0.05, 0) is 85.9 Å². The Hall–Kier alpha value is -8.73. The summed E-state index contributed by atoms with van der Waals surface area (Å²) >= 11 is 0. The van der Waals surface area contributed by atoms with Gasteiger partial charge in [0.15, 0.2) is 0 Å². The summed E-state index contributed by atoms with van der Waals surface area (Å²) in [6, 6.07) is 82.7. The van der Waals surface area contributed by atoms with Crippen LogP contribution in [-0.4, -0.2) is 31.8 Å². The largest absolute Gasteiger partial charge is 0.376 e. The molecule has 0 N–H and O–H groups in total. The van der Waals surface area contributed by atoms with Gasteiger partial charge in [-0.25, -0.2) is 0 Å². The van der Waals surface area contributed by atoms with E-state index in [2.05, 4.69) is 236 Å². The molecule has 0 aliphatic carbocycles. The fourth-order valence-corrected chi connectivity index (χ4v) is 13.5. The van der Waals surface area contributed by atoms with Gasteiger partial charge in [0.1, 0.15) is 0 Å². The second kappa shape index (κ2) is 12.6. The number of nitrogens with zero attached hydrogens (tertiary/aromatic N) is 4. The van der Waals surface area contributed by atoms with E-state index in [0.717, 1.165) is 0 Å². The smallest absolute Gasteiger partial charge is 0.332 e. The van der Waals surface area contributed by atoms with Crippen LogP contribution < -0.4 is 21.9 Å². The normalized spacial score (nSPS) is 13.2. The zero-order valence-electron chi connectivity index (χ0n) is 36.7. The Bertz CT molecular complexity index is 4370. The number of fused-ring (bicyclic) bond motifs is 20. The quantitative estimate of drug-likeness (QED) is 0.154. The van der Waals surface area contributed by atoms with Gasteiger partial charge in [-0.2, -0.15) is 0 Å². The zero-order valence-corrected chi connectivity index (χ0v) is 36.7. The van der Waals surface area contributed by atoms with E-state index in [0.29, 0.717) is 0 Å². The van der Waals surface area contributed by atoms with Crippen molar-refractivity contribution in [3.63, 3.8) is 0 Å². The molecule has 0 saturated carbocycles. The second-order valence-electron chi connectivity index (χ2n) is 19.1. The molecule has 0 spiro atoms. The van der Waals surface area contributed by atoms with E-state index in [1.807, 2.05) is 0 Å². The average molecular weight is 859 g/mol. The maximum absolute atomic E-state index is 2.66. The SMILES string of the molecule is c1ccc2c(c1)ccc1c2c2cccc3c2n1-c1cc2c(cc1B3n1c3ccccc3c3ccccc31)B(n1c3ccccc3c3ccccc31)c1cccc3c4c5ccccc5ccc4n-2c13. The monoisotopic (exact) mass is 858 g/mol. The van der Waals surface area contributed by atoms with Gasteiger partial charge in [0.05, 0.1) is 22.1 Å². The molecule has 6 heterocycles. The van der Waals surface area contributed by atoms with Crippen molar-refractivity contribution in [3.05, 3.63) is 218 Å². The maximum Gasteiger partial charge on any atom is 0.332 e. The molecule has 2 aliphatic rings. The summed E-state index contributed by atoms with van der Waals surface area (Å²) in [6.45, 7) is -0.263. The number of hydrogen-bond acceptors (Lipinski definition) is 0. The molecule has 0 fully saturated rings. The van der Waals surface area contributed by atoms with Gasteiger partial charge in [0, 0.05) is 76.5 Å². The van der Waals surface area contributed by atoms with Crippen LogP contribution in [0.5, 0.6) is 0 Å². The fourth-order valence-electron chi connectivity index (χ4n) is 13.5. The molecule has 0 amide bonds. The van der Waals surface area contributed by atoms with Gasteiger partial charge in [-0.15, -0.1) is 0 Å². The highest BCUT2D eigenvalue weighted by Crippen LogP contribution is 2.43. The van der Waals surface area contributed by atoms with Crippen molar-refractivity contribution >= 4 is 144 Å². The van der Waals surface area contributed by atoms with Gasteiger partial charge in [-0.3, -0.25) is 0 Å². The van der Waals surface area contributed by atoms with Crippen LogP contribution >= 0.6 is 0 Å². The average Bonchev–Trinajstić information content (AvgIpc) is 4.13. The molecule has 11 aromatic carbocycles. The second-order valence-corrected chi connectivity index (χ2v) is 19.1. The van der Waals surface area contributed by atoms with E-state index in [9.17, 15) is 0 Å². The third kappa shape index (κ3) is 4.22. The first-order chi connectivity index (χ1) is 33.8. The number of benzene rings is 11. The summed E-state index contributed by atoms with van der Waals surface area (Å²) in [5.41, 5.74) is 17.6. The highest BCUT2D eigenvalue weighted by molar-refractivity contribution is 6.91. The third-order valence-electron chi connectivity index (χ3n) is 16.0. The highest BCUT2D eigenvalue weighted by Gasteiger charge is 2.42. The number of hydrogen-bond donors (Lipinski definition) is 0. The van der Waals surface area contributed by atoms with Gasteiger partial charge >= 0.3 is 13.7 Å². The number of aromatic nitrogens is 4. The number of para-hydroxylation sites is 6. The first-order valence-corrected chi connectivity index (χ1v) is 23.8. The van der Waals surface area contributed by atoms with E-state index in [1.165, 1.54) is 142 Å². The molecular weight excluding hydrogens is 822 g/mol. The molecule has 6 heteroatoms. The minimum absolute atomic E-state index is 0.131. The molecule has 0 bridgehead atoms. The summed E-state index contributed by atoms with van der Waals surface area (Å²) in [7, 11) is 0. The van der Waals surface area contributed by atoms with Crippen molar-refractivity contribution in [3.8, 4) is 11.4 Å². The molecule has 0 atom stereocenters. The molecule has 0 unspecified atom stereocenters. The summed E-state index contributed by atoms with van der Waals surface area (Å²) in [5, 5.41) is 15.4. The lowest BCUT2D eigenvalue weighted by molar-refractivity contribution is 1.14. The zero-order chi connectivity index (χ0) is 43.9. The molecule has 15 aromatic rings. The Morgan fingerprint density at radius 3 is 1.01 bits per heavy atom. The lowest BCUT2D eigenvalue weighted by Gasteiger charge is -2.33. The van der Waals surface area contributed by atoms with Crippen LogP contribution in [0.2, 0.25) is 0 Å². The van der Waals surface area contributed by atoms with Crippen molar-refractivity contribution < 1.29 is 0 Å². The molecule has 0 radical (unpaired) electrons. The topological polar surface area (TPSA) is 19.7 Å². The van der Waals surface area contributed by atoms with E-state index < -0.39 is 0 Å². The standard InChI is InChI=1S/C62H36B2N4/c1-3-17-39-37(15-1)31-33-55-59(39)45-23-13-25-47-61(45)65(55)57-36-58-50(35-49(57)63(47)67-51-27-9-5-19-41(51)42-20-6-10-28-52(42)67)64(68-53-29-11-7-21-43(53)44-22-8-12-30-54(44)68)48-26-14-24-46-60-40-18-4-2-16-38(40)32-34-56(60)66(58)62(46)48/h1-36H. The maximum atomic E-state index is 2.66. The number of rotatable bonds is 2. The highest BCUT2D eigenvalue weighted by atomic mass is 15.0. The van der Waals surface area contributed by atoms with E-state index in [1.54, 1.807) is 0 Å². The van der Waals surface area contributed by atoms with Crippen LogP contribution in [0, 0.1) is 0 Å². The molecule has 310 valence electrons. The van der Waals surface area contributed by atoms with Crippen molar-refractivity contribution in [1.82, 2.24) is 18.1 Å². The Kier molecular flexibility index (Phi) is 6.57. The Morgan fingerprint density at radius 2 is 0.603 bits per heavy atom. The fraction of sp³-hybridized carbons (Fsp3) is 0. The molecule has 2 aliphatic heterocycles. The van der Waals surface area contributed by atoms with Gasteiger partial charge < -0.3 is 18.1 Å². The van der Waals surface area contributed by atoms with E-state index in [-0.39, 0.29) is 13.7 Å². The Labute approximate surface area is 390 Å². The predicted octanol–water partition coefficient (Wildman–Crippen LogP) is 12.3. The summed E-state index contributed by atoms with van der Waals surface area (Å²) in [4.78, 5) is 0.